The Kier molecular flexibility index (Phi) is 3.99. The first kappa shape index (κ1) is 14.8. The van der Waals surface area contributed by atoms with Gasteiger partial charge >= 0.3 is 5.97 Å². The lowest BCUT2D eigenvalue weighted by atomic mass is 10.2. The summed E-state index contributed by atoms with van der Waals surface area (Å²) in [5.74, 6) is -1.36. The maximum atomic E-state index is 12.1. The number of aryl methyl sites for hydroxylation is 1. The third-order valence-electron chi connectivity index (χ3n) is 2.53. The van der Waals surface area contributed by atoms with Gasteiger partial charge in [-0.15, -0.1) is 0 Å². The smallest absolute Gasteiger partial charge is 0.340 e. The van der Waals surface area contributed by atoms with Crippen LogP contribution in [-0.2, 0) is 10.0 Å². The molecule has 0 radical (unpaired) electrons. The molecule has 0 unspecified atom stereocenters. The number of carboxylic acid groups (broad SMARTS) is 1. The van der Waals surface area contributed by atoms with Gasteiger partial charge in [-0.05, 0) is 47.2 Å². The van der Waals surface area contributed by atoms with Crippen LogP contribution in [0.2, 0.25) is 0 Å². The average Bonchev–Trinajstić information content (AvgIpc) is 2.83. The second-order valence-electron chi connectivity index (χ2n) is 3.99. The molecule has 1 heterocycles. The molecule has 1 aromatic heterocycles. The first-order valence-corrected chi connectivity index (χ1v) is 7.93. The molecule has 0 fully saturated rings. The van der Waals surface area contributed by atoms with E-state index < -0.39 is 26.6 Å². The van der Waals surface area contributed by atoms with E-state index in [-0.39, 0.29) is 0 Å². The Labute approximate surface area is 128 Å². The Bertz CT molecular complexity index is 770. The average molecular weight is 407 g/mol. The number of aromatic nitrogens is 2. The number of aromatic carboxylic acids is 1. The molecule has 2 aromatic rings. The first-order chi connectivity index (χ1) is 9.31. The van der Waals surface area contributed by atoms with Crippen LogP contribution in [0.25, 0.3) is 0 Å². The van der Waals surface area contributed by atoms with Crippen molar-refractivity contribution in [2.24, 2.45) is 0 Å². The van der Waals surface area contributed by atoms with Crippen LogP contribution in [0.1, 0.15) is 15.9 Å². The standard InChI is InChI=1S/C11H10IN3O4S/c1-6-2-3-7(4-9(6)12)15-20(18,19)10-8(11(16)17)5-13-14-10/h2-5,15H,1H3,(H,13,14)(H,16,17). The van der Waals surface area contributed by atoms with Crippen molar-refractivity contribution in [3.05, 3.63) is 39.1 Å². The summed E-state index contributed by atoms with van der Waals surface area (Å²) in [5.41, 5.74) is 0.964. The van der Waals surface area contributed by atoms with Crippen molar-refractivity contribution in [1.82, 2.24) is 10.2 Å². The molecule has 2 rings (SSSR count). The number of nitrogens with zero attached hydrogens (tertiary/aromatic N) is 1. The first-order valence-electron chi connectivity index (χ1n) is 5.37. The zero-order valence-electron chi connectivity index (χ0n) is 10.2. The fourth-order valence-electron chi connectivity index (χ4n) is 1.49. The highest BCUT2D eigenvalue weighted by Crippen LogP contribution is 2.21. The number of sulfonamides is 1. The molecule has 9 heteroatoms. The van der Waals surface area contributed by atoms with Crippen molar-refractivity contribution in [3.63, 3.8) is 0 Å². The monoisotopic (exact) mass is 407 g/mol. The molecule has 0 aliphatic rings. The second-order valence-corrected chi connectivity index (χ2v) is 6.77. The van der Waals surface area contributed by atoms with Gasteiger partial charge in [0.15, 0.2) is 5.03 Å². The van der Waals surface area contributed by atoms with E-state index in [1.165, 1.54) is 0 Å². The Balaban J connectivity index is 2.38. The predicted molar refractivity (Wildman–Crippen MR) is 80.3 cm³/mol. The Morgan fingerprint density at radius 1 is 1.45 bits per heavy atom. The lowest BCUT2D eigenvalue weighted by Crippen LogP contribution is -2.16. The highest BCUT2D eigenvalue weighted by molar-refractivity contribution is 14.1. The number of anilines is 1. The van der Waals surface area contributed by atoms with Crippen molar-refractivity contribution >= 4 is 44.3 Å². The summed E-state index contributed by atoms with van der Waals surface area (Å²) in [6.45, 7) is 1.90. The van der Waals surface area contributed by atoms with Crippen LogP contribution in [0, 0.1) is 10.5 Å². The largest absolute Gasteiger partial charge is 0.478 e. The molecular weight excluding hydrogens is 397 g/mol. The van der Waals surface area contributed by atoms with Crippen LogP contribution < -0.4 is 4.72 Å². The van der Waals surface area contributed by atoms with E-state index in [1.54, 1.807) is 18.2 Å². The van der Waals surface area contributed by atoms with E-state index in [0.717, 1.165) is 15.3 Å². The van der Waals surface area contributed by atoms with Gasteiger partial charge in [0.25, 0.3) is 10.0 Å². The number of hydrogen-bond acceptors (Lipinski definition) is 4. The molecule has 1 aromatic carbocycles. The molecule has 0 bridgehead atoms. The number of halogens is 1. The normalized spacial score (nSPS) is 11.3. The predicted octanol–water partition coefficient (Wildman–Crippen LogP) is 1.82. The third-order valence-corrected chi connectivity index (χ3v) is 5.04. The molecule has 0 saturated carbocycles. The van der Waals surface area contributed by atoms with Gasteiger partial charge in [-0.25, -0.2) is 4.79 Å². The van der Waals surface area contributed by atoms with Crippen molar-refractivity contribution in [1.29, 1.82) is 0 Å². The van der Waals surface area contributed by atoms with Crippen LogP contribution in [0.5, 0.6) is 0 Å². The summed E-state index contributed by atoms with van der Waals surface area (Å²) in [6, 6.07) is 5.03. The van der Waals surface area contributed by atoms with Gasteiger partial charge in [0.05, 0.1) is 6.20 Å². The van der Waals surface area contributed by atoms with Gasteiger partial charge in [0.2, 0.25) is 0 Å². The minimum Gasteiger partial charge on any atom is -0.478 e. The minimum atomic E-state index is -4.03. The van der Waals surface area contributed by atoms with Gasteiger partial charge < -0.3 is 5.11 Å². The maximum absolute atomic E-state index is 12.1. The van der Waals surface area contributed by atoms with Crippen molar-refractivity contribution in [3.8, 4) is 0 Å². The topological polar surface area (TPSA) is 112 Å². The number of benzene rings is 1. The summed E-state index contributed by atoms with van der Waals surface area (Å²) < 4.78 is 27.5. The zero-order valence-corrected chi connectivity index (χ0v) is 13.2. The number of nitrogens with one attached hydrogen (secondary N) is 2. The molecular formula is C11H10IN3O4S. The molecule has 0 saturated heterocycles. The van der Waals surface area contributed by atoms with Crippen LogP contribution in [0.4, 0.5) is 5.69 Å². The van der Waals surface area contributed by atoms with Gasteiger partial charge in [-0.2, -0.15) is 13.5 Å². The van der Waals surface area contributed by atoms with Crippen molar-refractivity contribution < 1.29 is 18.3 Å². The summed E-state index contributed by atoms with van der Waals surface area (Å²) in [5, 5.41) is 14.1. The van der Waals surface area contributed by atoms with Gasteiger partial charge in [-0.1, -0.05) is 6.07 Å². The van der Waals surface area contributed by atoms with Crippen LogP contribution in [0.3, 0.4) is 0 Å². The van der Waals surface area contributed by atoms with Gasteiger partial charge in [0.1, 0.15) is 5.56 Å². The Hall–Kier alpha value is -1.62. The maximum Gasteiger partial charge on any atom is 0.340 e. The lowest BCUT2D eigenvalue weighted by Gasteiger charge is -2.08. The summed E-state index contributed by atoms with van der Waals surface area (Å²) >= 11 is 2.08. The van der Waals surface area contributed by atoms with E-state index in [4.69, 9.17) is 5.11 Å². The quantitative estimate of drug-likeness (QED) is 0.670. The minimum absolute atomic E-state index is 0.353. The number of carboxylic acids is 1. The second kappa shape index (κ2) is 5.40. The molecule has 0 aliphatic carbocycles. The number of hydrogen-bond donors (Lipinski definition) is 3. The van der Waals surface area contributed by atoms with Crippen LogP contribution in [0.15, 0.2) is 29.4 Å². The number of H-pyrrole nitrogens is 1. The molecule has 0 aliphatic heterocycles. The molecule has 0 atom stereocenters. The van der Waals surface area contributed by atoms with Crippen LogP contribution >= 0.6 is 22.6 Å². The summed E-state index contributed by atoms with van der Waals surface area (Å²) in [7, 11) is -4.03. The molecule has 0 amide bonds. The Morgan fingerprint density at radius 2 is 2.15 bits per heavy atom. The number of aromatic amines is 1. The van der Waals surface area contributed by atoms with Crippen molar-refractivity contribution in [2.75, 3.05) is 4.72 Å². The SMILES string of the molecule is Cc1ccc(NS(=O)(=O)c2[nH]ncc2C(=O)O)cc1I. The van der Waals surface area contributed by atoms with Gasteiger partial charge in [0, 0.05) is 9.26 Å². The molecule has 20 heavy (non-hydrogen) atoms. The summed E-state index contributed by atoms with van der Waals surface area (Å²) in [6.07, 6.45) is 0.954. The van der Waals surface area contributed by atoms with Gasteiger partial charge in [-0.3, -0.25) is 9.82 Å². The number of rotatable bonds is 4. The molecule has 3 N–H and O–H groups in total. The number of carbonyl (C=O) groups is 1. The molecule has 0 spiro atoms. The fourth-order valence-corrected chi connectivity index (χ4v) is 3.15. The van der Waals surface area contributed by atoms with E-state index in [9.17, 15) is 13.2 Å². The lowest BCUT2D eigenvalue weighted by molar-refractivity contribution is 0.0692. The molecule has 7 nitrogen and oxygen atoms in total. The Morgan fingerprint density at radius 3 is 2.75 bits per heavy atom. The third kappa shape index (κ3) is 2.93. The summed E-state index contributed by atoms with van der Waals surface area (Å²) in [4.78, 5) is 10.9. The highest BCUT2D eigenvalue weighted by atomic mass is 127. The van der Waals surface area contributed by atoms with E-state index in [0.29, 0.717) is 5.69 Å². The van der Waals surface area contributed by atoms with E-state index in [2.05, 4.69) is 37.5 Å². The van der Waals surface area contributed by atoms with Crippen LogP contribution in [-0.4, -0.2) is 29.7 Å². The van der Waals surface area contributed by atoms with E-state index in [1.807, 2.05) is 6.92 Å². The molecule has 106 valence electrons. The van der Waals surface area contributed by atoms with E-state index >= 15 is 0 Å². The highest BCUT2D eigenvalue weighted by Gasteiger charge is 2.24. The fraction of sp³-hybridized carbons (Fsp3) is 0.0909. The zero-order chi connectivity index (χ0) is 14.9. The van der Waals surface area contributed by atoms with Crippen molar-refractivity contribution in [2.45, 2.75) is 11.9 Å².